The summed E-state index contributed by atoms with van der Waals surface area (Å²) in [7, 11) is 0. The molecule has 0 fully saturated rings. The Morgan fingerprint density at radius 2 is 1.57 bits per heavy atom. The summed E-state index contributed by atoms with van der Waals surface area (Å²) in [6, 6.07) is 19.0. The molecule has 3 aromatic carbocycles. The zero-order valence-electron chi connectivity index (χ0n) is 15.6. The van der Waals surface area contributed by atoms with E-state index >= 15 is 0 Å². The third-order valence-corrected chi connectivity index (χ3v) is 5.69. The van der Waals surface area contributed by atoms with Crippen LogP contribution in [-0.2, 0) is 9.53 Å². The van der Waals surface area contributed by atoms with Gasteiger partial charge < -0.3 is 15.2 Å². The number of rotatable bonds is 5. The number of carbonyl (C=O) groups is 2. The molecule has 0 heterocycles. The van der Waals surface area contributed by atoms with E-state index in [0.717, 1.165) is 22.3 Å². The van der Waals surface area contributed by atoms with Crippen molar-refractivity contribution in [1.82, 2.24) is 5.32 Å². The first-order valence-electron chi connectivity index (χ1n) is 9.25. The van der Waals surface area contributed by atoms with Crippen molar-refractivity contribution in [3.8, 4) is 11.1 Å². The van der Waals surface area contributed by atoms with Crippen LogP contribution in [0.25, 0.3) is 11.1 Å². The Morgan fingerprint density at radius 3 is 2.13 bits per heavy atom. The molecular weight excluding hydrogens is 425 g/mol. The molecule has 1 aliphatic carbocycles. The molecule has 1 aliphatic rings. The smallest absolute Gasteiger partial charge is 0.408 e. The van der Waals surface area contributed by atoms with E-state index in [1.807, 2.05) is 48.5 Å². The van der Waals surface area contributed by atoms with Crippen molar-refractivity contribution in [3.05, 3.63) is 93.5 Å². The van der Waals surface area contributed by atoms with Crippen LogP contribution in [-0.4, -0.2) is 23.8 Å². The molecule has 0 saturated carbocycles. The van der Waals surface area contributed by atoms with Crippen molar-refractivity contribution in [2.75, 3.05) is 6.61 Å². The summed E-state index contributed by atoms with van der Waals surface area (Å²) in [5, 5.41) is 12.4. The predicted octanol–water partition coefficient (Wildman–Crippen LogP) is 5.66. The Balaban J connectivity index is 1.50. The van der Waals surface area contributed by atoms with Gasteiger partial charge in [0.15, 0.2) is 6.04 Å². The van der Waals surface area contributed by atoms with Gasteiger partial charge in [-0.1, -0.05) is 77.8 Å². The average Bonchev–Trinajstić information content (AvgIpc) is 3.05. The summed E-state index contributed by atoms with van der Waals surface area (Å²) < 4.78 is 5.42. The van der Waals surface area contributed by atoms with Crippen LogP contribution in [0.4, 0.5) is 4.79 Å². The Kier molecular flexibility index (Phi) is 5.66. The number of ether oxygens (including phenoxy) is 1. The quantitative estimate of drug-likeness (QED) is 0.535. The Hall–Kier alpha value is -3.02. The van der Waals surface area contributed by atoms with E-state index < -0.39 is 18.1 Å². The lowest BCUT2D eigenvalue weighted by atomic mass is 9.98. The fourth-order valence-corrected chi connectivity index (χ4v) is 4.28. The third-order valence-electron chi connectivity index (χ3n) is 5.13. The predicted molar refractivity (Wildman–Crippen MR) is 115 cm³/mol. The van der Waals surface area contributed by atoms with Gasteiger partial charge >= 0.3 is 12.1 Å². The molecule has 152 valence electrons. The minimum absolute atomic E-state index is 0.0839. The van der Waals surface area contributed by atoms with Gasteiger partial charge in [0.25, 0.3) is 0 Å². The number of carboxylic acid groups (broad SMARTS) is 1. The standard InChI is InChI=1S/C23H17Cl2NO4/c24-13-9-10-18(20(25)11-13)21(22(27)28)26-23(29)30-12-19-16-7-3-1-5-14(16)15-6-2-4-8-17(15)19/h1-11,19,21H,12H2,(H,26,29)(H,27,28)/t21-/m1/s1. The number of hydrogen-bond acceptors (Lipinski definition) is 3. The zero-order chi connectivity index (χ0) is 21.3. The molecule has 4 rings (SSSR count). The number of fused-ring (bicyclic) bond motifs is 3. The Morgan fingerprint density at radius 1 is 0.967 bits per heavy atom. The van der Waals surface area contributed by atoms with Gasteiger partial charge in [-0.3, -0.25) is 0 Å². The molecule has 1 atom stereocenters. The van der Waals surface area contributed by atoms with Crippen molar-refractivity contribution in [3.63, 3.8) is 0 Å². The normalized spacial score (nSPS) is 13.3. The summed E-state index contributed by atoms with van der Waals surface area (Å²) >= 11 is 12.0. The first-order chi connectivity index (χ1) is 14.5. The third kappa shape index (κ3) is 3.86. The highest BCUT2D eigenvalue weighted by Gasteiger charge is 2.30. The van der Waals surface area contributed by atoms with E-state index in [-0.39, 0.29) is 23.1 Å². The number of aliphatic carboxylic acids is 1. The first kappa shape index (κ1) is 20.3. The summed E-state index contributed by atoms with van der Waals surface area (Å²) in [6.45, 7) is 0.0839. The number of carboxylic acids is 1. The lowest BCUT2D eigenvalue weighted by molar-refractivity contribution is -0.139. The van der Waals surface area contributed by atoms with Gasteiger partial charge in [-0.15, -0.1) is 0 Å². The minimum atomic E-state index is -1.36. The van der Waals surface area contributed by atoms with Crippen LogP contribution in [0.2, 0.25) is 10.0 Å². The van der Waals surface area contributed by atoms with Gasteiger partial charge in [-0.2, -0.15) is 0 Å². The van der Waals surface area contributed by atoms with Crippen LogP contribution >= 0.6 is 23.2 Å². The molecular formula is C23H17Cl2NO4. The number of hydrogen-bond donors (Lipinski definition) is 2. The number of benzene rings is 3. The van der Waals surface area contributed by atoms with Gasteiger partial charge in [0, 0.05) is 21.5 Å². The van der Waals surface area contributed by atoms with Crippen LogP contribution < -0.4 is 5.32 Å². The highest BCUT2D eigenvalue weighted by molar-refractivity contribution is 6.35. The number of carbonyl (C=O) groups excluding carboxylic acids is 1. The molecule has 30 heavy (non-hydrogen) atoms. The minimum Gasteiger partial charge on any atom is -0.479 e. The molecule has 3 aromatic rings. The van der Waals surface area contributed by atoms with Crippen LogP contribution in [0.1, 0.15) is 28.7 Å². The second-order valence-electron chi connectivity index (χ2n) is 6.91. The zero-order valence-corrected chi connectivity index (χ0v) is 17.2. The number of halogens is 2. The van der Waals surface area contributed by atoms with Crippen molar-refractivity contribution >= 4 is 35.3 Å². The molecule has 7 heteroatoms. The Labute approximate surface area is 183 Å². The van der Waals surface area contributed by atoms with Crippen LogP contribution in [0.3, 0.4) is 0 Å². The summed E-state index contributed by atoms with van der Waals surface area (Å²) in [4.78, 5) is 24.1. The molecule has 0 aliphatic heterocycles. The highest BCUT2D eigenvalue weighted by atomic mass is 35.5. The molecule has 0 saturated heterocycles. The van der Waals surface area contributed by atoms with Gasteiger partial charge in [0.05, 0.1) is 0 Å². The van der Waals surface area contributed by atoms with E-state index in [4.69, 9.17) is 27.9 Å². The van der Waals surface area contributed by atoms with Crippen LogP contribution in [0.5, 0.6) is 0 Å². The van der Waals surface area contributed by atoms with Crippen molar-refractivity contribution in [2.45, 2.75) is 12.0 Å². The largest absolute Gasteiger partial charge is 0.479 e. The second kappa shape index (κ2) is 8.38. The summed E-state index contributed by atoms with van der Waals surface area (Å²) in [5.41, 5.74) is 4.59. The van der Waals surface area contributed by atoms with Crippen molar-refractivity contribution in [2.24, 2.45) is 0 Å². The molecule has 0 spiro atoms. The first-order valence-corrected chi connectivity index (χ1v) is 10.0. The monoisotopic (exact) mass is 441 g/mol. The van der Waals surface area contributed by atoms with Gasteiger partial charge in [0.1, 0.15) is 6.61 Å². The fourth-order valence-electron chi connectivity index (χ4n) is 3.77. The molecule has 0 radical (unpaired) electrons. The maximum atomic E-state index is 12.4. The summed E-state index contributed by atoms with van der Waals surface area (Å²) in [5.74, 6) is -1.38. The second-order valence-corrected chi connectivity index (χ2v) is 7.75. The van der Waals surface area contributed by atoms with Gasteiger partial charge in [-0.05, 0) is 34.4 Å². The van der Waals surface area contributed by atoms with Gasteiger partial charge in [0.2, 0.25) is 0 Å². The van der Waals surface area contributed by atoms with Gasteiger partial charge in [-0.25, -0.2) is 9.59 Å². The molecule has 1 amide bonds. The van der Waals surface area contributed by atoms with E-state index in [0.29, 0.717) is 5.02 Å². The molecule has 0 aromatic heterocycles. The van der Waals surface area contributed by atoms with E-state index in [9.17, 15) is 14.7 Å². The van der Waals surface area contributed by atoms with E-state index in [1.54, 1.807) is 0 Å². The lowest BCUT2D eigenvalue weighted by Crippen LogP contribution is -2.35. The average molecular weight is 442 g/mol. The maximum absolute atomic E-state index is 12.4. The van der Waals surface area contributed by atoms with Crippen molar-refractivity contribution < 1.29 is 19.4 Å². The molecule has 5 nitrogen and oxygen atoms in total. The fraction of sp³-hybridized carbons (Fsp3) is 0.130. The molecule has 0 unspecified atom stereocenters. The Bertz CT molecular complexity index is 1090. The number of amides is 1. The SMILES string of the molecule is O=C(N[C@@H](C(=O)O)c1ccc(Cl)cc1Cl)OCC1c2ccccc2-c2ccccc21. The maximum Gasteiger partial charge on any atom is 0.408 e. The van der Waals surface area contributed by atoms with Crippen LogP contribution in [0, 0.1) is 0 Å². The summed E-state index contributed by atoms with van der Waals surface area (Å²) in [6.07, 6.45) is -0.838. The van der Waals surface area contributed by atoms with E-state index in [1.165, 1.54) is 18.2 Å². The van der Waals surface area contributed by atoms with Crippen molar-refractivity contribution in [1.29, 1.82) is 0 Å². The number of nitrogens with one attached hydrogen (secondary N) is 1. The number of alkyl carbamates (subject to hydrolysis) is 1. The van der Waals surface area contributed by atoms with E-state index in [2.05, 4.69) is 5.32 Å². The molecule has 2 N–H and O–H groups in total. The topological polar surface area (TPSA) is 75.6 Å². The molecule has 0 bridgehead atoms. The highest BCUT2D eigenvalue weighted by Crippen LogP contribution is 2.44. The van der Waals surface area contributed by atoms with Crippen LogP contribution in [0.15, 0.2) is 66.7 Å². The lowest BCUT2D eigenvalue weighted by Gasteiger charge is -2.18.